The lowest BCUT2D eigenvalue weighted by Crippen LogP contribution is -2.17. The van der Waals surface area contributed by atoms with E-state index in [1.165, 1.54) is 0 Å². The molecule has 0 aliphatic heterocycles. The molecule has 0 aromatic carbocycles. The molecule has 0 aromatic heterocycles. The van der Waals surface area contributed by atoms with Gasteiger partial charge in [0.1, 0.15) is 0 Å². The van der Waals surface area contributed by atoms with Gasteiger partial charge in [-0.15, -0.1) is 0 Å². The smallest absolute Gasteiger partial charge is 0.341 e. The van der Waals surface area contributed by atoms with Crippen molar-refractivity contribution in [1.29, 1.82) is 0 Å². The van der Waals surface area contributed by atoms with E-state index in [0.717, 1.165) is 25.7 Å². The van der Waals surface area contributed by atoms with Crippen molar-refractivity contribution in [1.82, 2.24) is 0 Å². The average Bonchev–Trinajstić information content (AvgIpc) is 2.35. The second-order valence-electron chi connectivity index (χ2n) is 4.03. The summed E-state index contributed by atoms with van der Waals surface area (Å²) in [7, 11) is 0. The van der Waals surface area contributed by atoms with Crippen molar-refractivity contribution in [3.63, 3.8) is 0 Å². The molecule has 0 rings (SSSR count). The Morgan fingerprint density at radius 1 is 1.11 bits per heavy atom. The van der Waals surface area contributed by atoms with E-state index in [2.05, 4.69) is 18.2 Å². The van der Waals surface area contributed by atoms with Crippen molar-refractivity contribution in [2.75, 3.05) is 13.2 Å². The Bertz CT molecular complexity index is 334. The fourth-order valence-electron chi connectivity index (χ4n) is 1.24. The minimum absolute atomic E-state index is 0.111. The highest BCUT2D eigenvalue weighted by Crippen LogP contribution is 2.05. The van der Waals surface area contributed by atoms with E-state index in [4.69, 9.17) is 9.84 Å². The van der Waals surface area contributed by atoms with Crippen LogP contribution in [0.5, 0.6) is 0 Å². The van der Waals surface area contributed by atoms with Gasteiger partial charge >= 0.3 is 17.9 Å². The fraction of sp³-hybridized carbons (Fsp3) is 0.615. The molecule has 0 amide bonds. The van der Waals surface area contributed by atoms with Gasteiger partial charge in [0.15, 0.2) is 6.61 Å². The molecule has 6 nitrogen and oxygen atoms in total. The molecule has 0 radical (unpaired) electrons. The largest absolute Gasteiger partial charge is 0.479 e. The first-order valence-corrected chi connectivity index (χ1v) is 6.19. The van der Waals surface area contributed by atoms with Crippen molar-refractivity contribution < 1.29 is 29.0 Å². The Kier molecular flexibility index (Phi) is 9.12. The number of carbonyl (C=O) groups is 3. The average molecular weight is 272 g/mol. The number of carbonyl (C=O) groups excluding carboxylic acids is 2. The summed E-state index contributed by atoms with van der Waals surface area (Å²) in [5.74, 6) is -2.72. The third-order valence-corrected chi connectivity index (χ3v) is 2.23. The maximum absolute atomic E-state index is 11.3. The van der Waals surface area contributed by atoms with Crippen molar-refractivity contribution in [3.8, 4) is 0 Å². The van der Waals surface area contributed by atoms with Crippen LogP contribution in [0.2, 0.25) is 0 Å². The van der Waals surface area contributed by atoms with E-state index in [1.54, 1.807) is 0 Å². The van der Waals surface area contributed by atoms with Crippen LogP contribution >= 0.6 is 0 Å². The normalized spacial score (nSPS) is 9.74. The quantitative estimate of drug-likeness (QED) is 0.370. The second-order valence-corrected chi connectivity index (χ2v) is 4.03. The predicted molar refractivity (Wildman–Crippen MR) is 67.5 cm³/mol. The van der Waals surface area contributed by atoms with Gasteiger partial charge in [-0.25, -0.2) is 9.59 Å². The first-order valence-electron chi connectivity index (χ1n) is 6.19. The zero-order valence-electron chi connectivity index (χ0n) is 11.1. The molecular weight excluding hydrogens is 252 g/mol. The first kappa shape index (κ1) is 17.2. The van der Waals surface area contributed by atoms with E-state index < -0.39 is 24.5 Å². The van der Waals surface area contributed by atoms with E-state index in [-0.39, 0.29) is 12.0 Å². The van der Waals surface area contributed by atoms with Crippen LogP contribution in [0.15, 0.2) is 12.2 Å². The van der Waals surface area contributed by atoms with E-state index in [1.807, 2.05) is 0 Å². The van der Waals surface area contributed by atoms with Gasteiger partial charge in [-0.05, 0) is 6.42 Å². The van der Waals surface area contributed by atoms with Crippen LogP contribution in [-0.4, -0.2) is 36.2 Å². The number of hydrogen-bond donors (Lipinski definition) is 1. The third-order valence-electron chi connectivity index (χ3n) is 2.23. The topological polar surface area (TPSA) is 89.9 Å². The first-order chi connectivity index (χ1) is 8.97. The highest BCUT2D eigenvalue weighted by molar-refractivity contribution is 5.94. The molecule has 108 valence electrons. The number of unbranched alkanes of at least 4 members (excludes halogenated alkanes) is 3. The number of ether oxygens (including phenoxy) is 2. The van der Waals surface area contributed by atoms with Gasteiger partial charge in [-0.3, -0.25) is 4.79 Å². The van der Waals surface area contributed by atoms with Crippen molar-refractivity contribution in [2.45, 2.75) is 39.0 Å². The molecule has 0 atom stereocenters. The maximum atomic E-state index is 11.3. The minimum atomic E-state index is -1.26. The number of carboxylic acids is 1. The molecule has 6 heteroatoms. The van der Waals surface area contributed by atoms with Gasteiger partial charge in [-0.1, -0.05) is 32.8 Å². The van der Waals surface area contributed by atoms with Crippen molar-refractivity contribution in [2.24, 2.45) is 0 Å². The van der Waals surface area contributed by atoms with Crippen LogP contribution in [0.1, 0.15) is 39.0 Å². The molecule has 0 fully saturated rings. The highest BCUT2D eigenvalue weighted by Gasteiger charge is 2.15. The van der Waals surface area contributed by atoms with Crippen LogP contribution in [0.4, 0.5) is 0 Å². The van der Waals surface area contributed by atoms with E-state index in [9.17, 15) is 14.4 Å². The van der Waals surface area contributed by atoms with E-state index >= 15 is 0 Å². The summed E-state index contributed by atoms with van der Waals surface area (Å²) in [4.78, 5) is 32.7. The van der Waals surface area contributed by atoms with Crippen LogP contribution in [0, 0.1) is 0 Å². The van der Waals surface area contributed by atoms with Crippen LogP contribution < -0.4 is 0 Å². The Morgan fingerprint density at radius 3 is 2.37 bits per heavy atom. The molecule has 0 spiro atoms. The lowest BCUT2D eigenvalue weighted by Gasteiger charge is -2.06. The van der Waals surface area contributed by atoms with Gasteiger partial charge in [-0.2, -0.15) is 0 Å². The molecular formula is C13H20O6. The molecule has 0 bridgehead atoms. The number of rotatable bonds is 10. The molecule has 0 heterocycles. The molecule has 1 N–H and O–H groups in total. The monoisotopic (exact) mass is 272 g/mol. The molecule has 0 saturated carbocycles. The van der Waals surface area contributed by atoms with Gasteiger partial charge in [0.05, 0.1) is 13.0 Å². The van der Waals surface area contributed by atoms with Gasteiger partial charge in [0.25, 0.3) is 0 Å². The Balaban J connectivity index is 3.76. The van der Waals surface area contributed by atoms with Crippen molar-refractivity contribution >= 4 is 17.9 Å². The predicted octanol–water partition coefficient (Wildman–Crippen LogP) is 1.68. The molecule has 19 heavy (non-hydrogen) atoms. The lowest BCUT2D eigenvalue weighted by atomic mass is 10.2. The minimum Gasteiger partial charge on any atom is -0.479 e. The number of carboxylic acid groups (broad SMARTS) is 1. The highest BCUT2D eigenvalue weighted by atomic mass is 16.6. The molecule has 0 unspecified atom stereocenters. The van der Waals surface area contributed by atoms with Crippen LogP contribution in [-0.2, 0) is 23.9 Å². The summed E-state index contributed by atoms with van der Waals surface area (Å²) in [5.41, 5.74) is -0.111. The summed E-state index contributed by atoms with van der Waals surface area (Å²) >= 11 is 0. The van der Waals surface area contributed by atoms with Crippen LogP contribution in [0.3, 0.4) is 0 Å². The molecule has 0 aliphatic rings. The molecule has 0 aromatic rings. The summed E-state index contributed by atoms with van der Waals surface area (Å²) in [5, 5.41) is 8.31. The van der Waals surface area contributed by atoms with Gasteiger partial charge < -0.3 is 14.6 Å². The summed E-state index contributed by atoms with van der Waals surface area (Å²) < 4.78 is 9.29. The Morgan fingerprint density at radius 2 is 1.79 bits per heavy atom. The number of hydrogen-bond acceptors (Lipinski definition) is 5. The zero-order chi connectivity index (χ0) is 14.7. The number of aliphatic carboxylic acids is 1. The van der Waals surface area contributed by atoms with Crippen molar-refractivity contribution in [3.05, 3.63) is 12.2 Å². The summed E-state index contributed by atoms with van der Waals surface area (Å²) in [6.45, 7) is 5.01. The Hall–Kier alpha value is -1.85. The number of esters is 2. The second kappa shape index (κ2) is 10.1. The third kappa shape index (κ3) is 9.82. The van der Waals surface area contributed by atoms with Gasteiger partial charge in [0.2, 0.25) is 0 Å². The molecule has 0 aliphatic carbocycles. The van der Waals surface area contributed by atoms with E-state index in [0.29, 0.717) is 6.61 Å². The fourth-order valence-corrected chi connectivity index (χ4v) is 1.24. The summed E-state index contributed by atoms with van der Waals surface area (Å²) in [6.07, 6.45) is 3.68. The lowest BCUT2D eigenvalue weighted by molar-refractivity contribution is -0.153. The standard InChI is InChI=1S/C13H20O6/c1-3-4-5-6-7-18-12(16)8-10(2)13(17)19-9-11(14)15/h2-9H2,1H3,(H,14,15). The van der Waals surface area contributed by atoms with Crippen LogP contribution in [0.25, 0.3) is 0 Å². The summed E-state index contributed by atoms with van der Waals surface area (Å²) in [6, 6.07) is 0. The zero-order valence-corrected chi connectivity index (χ0v) is 11.1. The maximum Gasteiger partial charge on any atom is 0.341 e. The Labute approximate surface area is 112 Å². The SMILES string of the molecule is C=C(CC(=O)OCCCCCC)C(=O)OCC(=O)O. The van der Waals surface area contributed by atoms with Gasteiger partial charge in [0, 0.05) is 5.57 Å². The molecule has 0 saturated heterocycles.